The number of carbonyl (C=O) groups is 1. The standard InChI is InChI=1S/C22H28F2N4O2.HI/c1-4-5-20(29)28-18-9-7-16(8-10-18)13-26-22(25-3)27-14-17-12-15(2)6-11-19(17)30-21(23)24;/h6-12,21H,4-5,13-14H2,1-3H3,(H,28,29)(H2,25,26,27);1H. The second kappa shape index (κ2) is 13.8. The molecule has 6 nitrogen and oxygen atoms in total. The highest BCUT2D eigenvalue weighted by molar-refractivity contribution is 14.0. The van der Waals surface area contributed by atoms with E-state index in [1.807, 2.05) is 38.1 Å². The maximum Gasteiger partial charge on any atom is 0.387 e. The molecule has 0 heterocycles. The Morgan fingerprint density at radius 3 is 2.39 bits per heavy atom. The van der Waals surface area contributed by atoms with Gasteiger partial charge in [-0.25, -0.2) is 0 Å². The molecule has 0 atom stereocenters. The van der Waals surface area contributed by atoms with Crippen LogP contribution in [0.4, 0.5) is 14.5 Å². The molecular formula is C22H29F2IN4O2. The smallest absolute Gasteiger partial charge is 0.387 e. The van der Waals surface area contributed by atoms with Crippen molar-refractivity contribution in [1.82, 2.24) is 10.6 Å². The maximum atomic E-state index is 12.6. The fourth-order valence-electron chi connectivity index (χ4n) is 2.80. The lowest BCUT2D eigenvalue weighted by Crippen LogP contribution is -2.36. The first-order valence-electron chi connectivity index (χ1n) is 9.79. The number of nitrogens with zero attached hydrogens (tertiary/aromatic N) is 1. The van der Waals surface area contributed by atoms with E-state index in [-0.39, 0.29) is 42.2 Å². The molecule has 0 aliphatic rings. The third kappa shape index (κ3) is 9.50. The summed E-state index contributed by atoms with van der Waals surface area (Å²) in [5.74, 6) is 0.665. The van der Waals surface area contributed by atoms with Gasteiger partial charge in [0.25, 0.3) is 0 Å². The first kappa shape index (κ1) is 26.6. The van der Waals surface area contributed by atoms with E-state index in [0.717, 1.165) is 23.2 Å². The number of alkyl halides is 2. The molecule has 2 aromatic rings. The lowest BCUT2D eigenvalue weighted by molar-refractivity contribution is -0.116. The van der Waals surface area contributed by atoms with Crippen LogP contribution in [0.2, 0.25) is 0 Å². The minimum Gasteiger partial charge on any atom is -0.434 e. The molecule has 0 aliphatic heterocycles. The molecule has 0 spiro atoms. The molecule has 0 aliphatic carbocycles. The van der Waals surface area contributed by atoms with E-state index in [2.05, 4.69) is 25.7 Å². The summed E-state index contributed by atoms with van der Waals surface area (Å²) >= 11 is 0. The summed E-state index contributed by atoms with van der Waals surface area (Å²) < 4.78 is 29.8. The number of nitrogens with one attached hydrogen (secondary N) is 3. The van der Waals surface area contributed by atoms with Crippen molar-refractivity contribution in [2.45, 2.75) is 46.4 Å². The van der Waals surface area contributed by atoms with Crippen LogP contribution in [0.25, 0.3) is 0 Å². The molecule has 0 saturated carbocycles. The van der Waals surface area contributed by atoms with E-state index >= 15 is 0 Å². The van der Waals surface area contributed by atoms with Crippen molar-refractivity contribution in [1.29, 1.82) is 0 Å². The van der Waals surface area contributed by atoms with Crippen molar-refractivity contribution in [3.63, 3.8) is 0 Å². The van der Waals surface area contributed by atoms with Gasteiger partial charge in [-0.05, 0) is 37.1 Å². The third-order valence-electron chi connectivity index (χ3n) is 4.28. The Labute approximate surface area is 198 Å². The second-order valence-corrected chi connectivity index (χ2v) is 6.76. The Morgan fingerprint density at radius 2 is 1.77 bits per heavy atom. The van der Waals surface area contributed by atoms with Gasteiger partial charge < -0.3 is 20.7 Å². The Hall–Kier alpha value is -2.43. The van der Waals surface area contributed by atoms with Crippen LogP contribution in [0, 0.1) is 6.92 Å². The highest BCUT2D eigenvalue weighted by Gasteiger charge is 2.10. The molecule has 0 fully saturated rings. The topological polar surface area (TPSA) is 74.8 Å². The van der Waals surface area contributed by atoms with E-state index in [1.54, 1.807) is 19.2 Å². The summed E-state index contributed by atoms with van der Waals surface area (Å²) in [5, 5.41) is 9.13. The summed E-state index contributed by atoms with van der Waals surface area (Å²) in [4.78, 5) is 15.8. The summed E-state index contributed by atoms with van der Waals surface area (Å²) in [6, 6.07) is 12.6. The van der Waals surface area contributed by atoms with E-state index in [0.29, 0.717) is 24.5 Å². The van der Waals surface area contributed by atoms with Crippen LogP contribution < -0.4 is 20.7 Å². The van der Waals surface area contributed by atoms with E-state index < -0.39 is 6.61 Å². The third-order valence-corrected chi connectivity index (χ3v) is 4.28. The largest absolute Gasteiger partial charge is 0.434 e. The zero-order valence-corrected chi connectivity index (χ0v) is 20.2. The molecule has 0 radical (unpaired) electrons. The average Bonchev–Trinajstić information content (AvgIpc) is 2.71. The molecule has 0 saturated heterocycles. The molecule has 2 rings (SSSR count). The van der Waals surface area contributed by atoms with Crippen molar-refractivity contribution in [2.75, 3.05) is 12.4 Å². The van der Waals surface area contributed by atoms with Crippen molar-refractivity contribution in [3.8, 4) is 5.75 Å². The Bertz CT molecular complexity index is 861. The number of hydrogen-bond acceptors (Lipinski definition) is 3. The summed E-state index contributed by atoms with van der Waals surface area (Å²) in [6.07, 6.45) is 1.30. The van der Waals surface area contributed by atoms with Gasteiger partial charge in [0.15, 0.2) is 5.96 Å². The summed E-state index contributed by atoms with van der Waals surface area (Å²) in [6.45, 7) is 1.76. The zero-order chi connectivity index (χ0) is 21.9. The molecule has 0 unspecified atom stereocenters. The van der Waals surface area contributed by atoms with Gasteiger partial charge >= 0.3 is 6.61 Å². The average molecular weight is 546 g/mol. The number of aliphatic imine (C=N–C) groups is 1. The van der Waals surface area contributed by atoms with Crippen LogP contribution >= 0.6 is 24.0 Å². The molecule has 3 N–H and O–H groups in total. The number of rotatable bonds is 9. The zero-order valence-electron chi connectivity index (χ0n) is 17.9. The first-order valence-corrected chi connectivity index (χ1v) is 9.79. The van der Waals surface area contributed by atoms with Gasteiger partial charge in [0, 0.05) is 37.8 Å². The minimum absolute atomic E-state index is 0. The van der Waals surface area contributed by atoms with Crippen LogP contribution in [-0.4, -0.2) is 25.5 Å². The normalized spacial score (nSPS) is 11.0. The minimum atomic E-state index is -2.88. The number of guanidine groups is 1. The Morgan fingerprint density at radius 1 is 1.10 bits per heavy atom. The Balaban J connectivity index is 0.00000480. The summed E-state index contributed by atoms with van der Waals surface area (Å²) in [7, 11) is 1.63. The van der Waals surface area contributed by atoms with Crippen molar-refractivity contribution in [3.05, 3.63) is 59.2 Å². The van der Waals surface area contributed by atoms with Gasteiger partial charge in [-0.2, -0.15) is 8.78 Å². The van der Waals surface area contributed by atoms with Crippen LogP contribution in [0.3, 0.4) is 0 Å². The van der Waals surface area contributed by atoms with E-state index in [1.165, 1.54) is 6.07 Å². The number of carbonyl (C=O) groups excluding carboxylic acids is 1. The van der Waals surface area contributed by atoms with Gasteiger partial charge in [-0.3, -0.25) is 9.79 Å². The fraction of sp³-hybridized carbons (Fsp3) is 0.364. The number of hydrogen-bond donors (Lipinski definition) is 3. The molecule has 2 aromatic carbocycles. The number of anilines is 1. The predicted molar refractivity (Wildman–Crippen MR) is 130 cm³/mol. The summed E-state index contributed by atoms with van der Waals surface area (Å²) in [5.41, 5.74) is 3.32. The van der Waals surface area contributed by atoms with Crippen molar-refractivity contribution >= 4 is 41.5 Å². The quantitative estimate of drug-likeness (QED) is 0.240. The number of amides is 1. The van der Waals surface area contributed by atoms with Gasteiger partial charge in [-0.1, -0.05) is 36.8 Å². The van der Waals surface area contributed by atoms with Crippen molar-refractivity contribution in [2.24, 2.45) is 4.99 Å². The highest BCUT2D eigenvalue weighted by atomic mass is 127. The van der Waals surface area contributed by atoms with Gasteiger partial charge in [-0.15, -0.1) is 24.0 Å². The van der Waals surface area contributed by atoms with Crippen LogP contribution in [0.15, 0.2) is 47.5 Å². The number of aryl methyl sites for hydroxylation is 1. The van der Waals surface area contributed by atoms with Gasteiger partial charge in [0.1, 0.15) is 5.75 Å². The molecule has 0 bridgehead atoms. The Kier molecular flexibility index (Phi) is 11.8. The van der Waals surface area contributed by atoms with Crippen LogP contribution in [0.5, 0.6) is 5.75 Å². The van der Waals surface area contributed by atoms with Crippen LogP contribution in [-0.2, 0) is 17.9 Å². The highest BCUT2D eigenvalue weighted by Crippen LogP contribution is 2.22. The monoisotopic (exact) mass is 546 g/mol. The number of ether oxygens (including phenoxy) is 1. The molecular weight excluding hydrogens is 517 g/mol. The maximum absolute atomic E-state index is 12.6. The molecule has 170 valence electrons. The van der Waals surface area contributed by atoms with E-state index in [9.17, 15) is 13.6 Å². The van der Waals surface area contributed by atoms with Gasteiger partial charge in [0.05, 0.1) is 0 Å². The fourth-order valence-corrected chi connectivity index (χ4v) is 2.80. The predicted octanol–water partition coefficient (Wildman–Crippen LogP) is 4.82. The first-order chi connectivity index (χ1) is 14.4. The lowest BCUT2D eigenvalue weighted by atomic mass is 10.1. The second-order valence-electron chi connectivity index (χ2n) is 6.76. The van der Waals surface area contributed by atoms with Crippen molar-refractivity contribution < 1.29 is 18.3 Å². The number of halogens is 3. The lowest BCUT2D eigenvalue weighted by Gasteiger charge is -2.15. The molecule has 1 amide bonds. The van der Waals surface area contributed by atoms with Gasteiger partial charge in [0.2, 0.25) is 5.91 Å². The molecule has 31 heavy (non-hydrogen) atoms. The van der Waals surface area contributed by atoms with Crippen LogP contribution in [0.1, 0.15) is 36.5 Å². The molecule has 0 aromatic heterocycles. The molecule has 9 heteroatoms. The number of benzene rings is 2. The SMILES string of the molecule is CCCC(=O)Nc1ccc(CNC(=NC)NCc2cc(C)ccc2OC(F)F)cc1.I. The van der Waals surface area contributed by atoms with E-state index in [4.69, 9.17) is 0 Å².